The van der Waals surface area contributed by atoms with Gasteiger partial charge in [-0.1, -0.05) is 0 Å². The van der Waals surface area contributed by atoms with Crippen molar-refractivity contribution in [2.24, 2.45) is 0 Å². The summed E-state index contributed by atoms with van der Waals surface area (Å²) in [6.45, 7) is 0. The molecule has 0 radical (unpaired) electrons. The molecule has 7 heteroatoms. The van der Waals surface area contributed by atoms with Crippen LogP contribution in [0, 0.1) is 0 Å². The summed E-state index contributed by atoms with van der Waals surface area (Å²) in [6, 6.07) is 0. The molecule has 0 bridgehead atoms. The molecule has 0 aliphatic rings. The number of rotatable bonds is 1. The molecule has 0 fully saturated rings. The third-order valence-electron chi connectivity index (χ3n) is 0.625. The van der Waals surface area contributed by atoms with Gasteiger partial charge in [0.2, 0.25) is 0 Å². The number of carboxylic acids is 1. The van der Waals surface area contributed by atoms with E-state index < -0.39 is 15.8 Å². The molecule has 0 aromatic heterocycles. The summed E-state index contributed by atoms with van der Waals surface area (Å²) in [4.78, 5) is 9.57. The molecule has 1 atom stereocenters. The third-order valence-corrected chi connectivity index (χ3v) is 1.70. The average molecular weight is 272 g/mol. The predicted octanol–water partition coefficient (Wildman–Crippen LogP) is 1.73. The summed E-state index contributed by atoms with van der Waals surface area (Å²) in [5.41, 5.74) is 0. The highest BCUT2D eigenvalue weighted by molar-refractivity contribution is 14.1. The molecular formula is C3HF4IO2. The number of hydrogen-bond donors (Lipinski definition) is 1. The van der Waals surface area contributed by atoms with Gasteiger partial charge in [0, 0.05) is 0 Å². The highest BCUT2D eigenvalue weighted by atomic mass is 127. The van der Waals surface area contributed by atoms with Crippen molar-refractivity contribution in [1.82, 2.24) is 0 Å². The van der Waals surface area contributed by atoms with Crippen LogP contribution in [0.4, 0.5) is 17.6 Å². The topological polar surface area (TPSA) is 37.3 Å². The molecule has 0 aliphatic heterocycles. The van der Waals surface area contributed by atoms with E-state index in [0.717, 1.165) is 0 Å². The second-order valence-electron chi connectivity index (χ2n) is 1.38. The maximum atomic E-state index is 12.0. The smallest absolute Gasteiger partial charge is 0.443 e. The lowest BCUT2D eigenvalue weighted by Gasteiger charge is -2.15. The average Bonchev–Trinajstić information content (AvgIpc) is 1.62. The number of carboxylic acid groups (broad SMARTS) is 1. The third kappa shape index (κ3) is 1.70. The summed E-state index contributed by atoms with van der Waals surface area (Å²) < 4.78 is 41.8. The molecule has 0 spiro atoms. The van der Waals surface area contributed by atoms with Crippen molar-refractivity contribution in [3.8, 4) is 0 Å². The van der Waals surface area contributed by atoms with Crippen LogP contribution in [0.2, 0.25) is 0 Å². The largest absolute Gasteiger partial charge is 0.478 e. The van der Waals surface area contributed by atoms with Gasteiger partial charge >= 0.3 is 15.8 Å². The highest BCUT2D eigenvalue weighted by Crippen LogP contribution is 2.39. The molecule has 0 aromatic carbocycles. The van der Waals surface area contributed by atoms with E-state index in [9.17, 15) is 22.4 Å². The molecule has 0 amide bonds. The Morgan fingerprint density at radius 1 is 1.30 bits per heavy atom. The van der Waals surface area contributed by atoms with Crippen LogP contribution in [-0.4, -0.2) is 20.9 Å². The van der Waals surface area contributed by atoms with Crippen LogP contribution in [-0.2, 0) is 4.79 Å². The van der Waals surface area contributed by atoms with E-state index in [-0.39, 0.29) is 22.6 Å². The van der Waals surface area contributed by atoms with Crippen molar-refractivity contribution < 1.29 is 27.5 Å². The standard InChI is InChI=1S/C3HF4IO2/c4-2(8,1(9)10)3(5,6)7/h(H,9,10). The molecule has 0 saturated carbocycles. The van der Waals surface area contributed by atoms with Gasteiger partial charge in [0.1, 0.15) is 0 Å². The summed E-state index contributed by atoms with van der Waals surface area (Å²) in [7, 11) is 0. The van der Waals surface area contributed by atoms with Crippen molar-refractivity contribution >= 4 is 28.6 Å². The van der Waals surface area contributed by atoms with Crippen LogP contribution >= 0.6 is 22.6 Å². The number of aliphatic carboxylic acids is 1. The zero-order chi connectivity index (χ0) is 8.58. The molecule has 0 rings (SSSR count). The highest BCUT2D eigenvalue weighted by Gasteiger charge is 2.60. The van der Waals surface area contributed by atoms with E-state index in [0.29, 0.717) is 0 Å². The van der Waals surface area contributed by atoms with Crippen LogP contribution in [0.5, 0.6) is 0 Å². The summed E-state index contributed by atoms with van der Waals surface area (Å²) >= 11 is 0.181. The Morgan fingerprint density at radius 3 is 1.60 bits per heavy atom. The van der Waals surface area contributed by atoms with E-state index >= 15 is 0 Å². The van der Waals surface area contributed by atoms with Crippen molar-refractivity contribution in [3.05, 3.63) is 0 Å². The molecular weight excluding hydrogens is 271 g/mol. The van der Waals surface area contributed by atoms with Crippen molar-refractivity contribution in [2.75, 3.05) is 0 Å². The number of alkyl halides is 5. The first kappa shape index (κ1) is 9.92. The van der Waals surface area contributed by atoms with E-state index in [1.807, 2.05) is 0 Å². The number of carbonyl (C=O) groups is 1. The SMILES string of the molecule is O=C(O)C(F)(I)C(F)(F)F. The lowest BCUT2D eigenvalue weighted by molar-refractivity contribution is -0.202. The van der Waals surface area contributed by atoms with Gasteiger partial charge in [0.05, 0.1) is 0 Å². The van der Waals surface area contributed by atoms with Crippen molar-refractivity contribution in [3.63, 3.8) is 0 Å². The Kier molecular flexibility index (Phi) is 2.49. The Labute approximate surface area is 66.3 Å². The summed E-state index contributed by atoms with van der Waals surface area (Å²) in [5, 5.41) is 7.67. The zero-order valence-electron chi connectivity index (χ0n) is 4.25. The fourth-order valence-electron chi connectivity index (χ4n) is 0.121. The van der Waals surface area contributed by atoms with Gasteiger partial charge in [-0.15, -0.1) is 0 Å². The quantitative estimate of drug-likeness (QED) is 0.448. The van der Waals surface area contributed by atoms with E-state index in [2.05, 4.69) is 0 Å². The lowest BCUT2D eigenvalue weighted by Crippen LogP contribution is -2.42. The van der Waals surface area contributed by atoms with Gasteiger partial charge in [-0.2, -0.15) is 13.2 Å². The molecule has 1 unspecified atom stereocenters. The second kappa shape index (κ2) is 2.51. The Balaban J connectivity index is 4.57. The Bertz CT molecular complexity index is 151. The van der Waals surface area contributed by atoms with Gasteiger partial charge in [-0.05, 0) is 22.6 Å². The van der Waals surface area contributed by atoms with Gasteiger partial charge in [0.25, 0.3) is 0 Å². The van der Waals surface area contributed by atoms with Crippen LogP contribution in [0.3, 0.4) is 0 Å². The molecule has 0 heterocycles. The van der Waals surface area contributed by atoms with Crippen molar-refractivity contribution in [2.45, 2.75) is 9.85 Å². The molecule has 0 aliphatic carbocycles. The van der Waals surface area contributed by atoms with Crippen LogP contribution in [0.15, 0.2) is 0 Å². The molecule has 10 heavy (non-hydrogen) atoms. The van der Waals surface area contributed by atoms with E-state index in [1.54, 1.807) is 0 Å². The van der Waals surface area contributed by atoms with Gasteiger partial charge in [0.15, 0.2) is 0 Å². The second-order valence-corrected chi connectivity index (χ2v) is 2.86. The van der Waals surface area contributed by atoms with Gasteiger partial charge in [-0.25, -0.2) is 9.18 Å². The van der Waals surface area contributed by atoms with Gasteiger partial charge < -0.3 is 5.11 Å². The number of hydrogen-bond acceptors (Lipinski definition) is 1. The van der Waals surface area contributed by atoms with Crippen LogP contribution < -0.4 is 0 Å². The lowest BCUT2D eigenvalue weighted by atomic mass is 10.4. The van der Waals surface area contributed by atoms with Gasteiger partial charge in [-0.3, -0.25) is 0 Å². The first-order valence-corrected chi connectivity index (χ1v) is 2.95. The zero-order valence-corrected chi connectivity index (χ0v) is 6.40. The number of halogens is 5. The monoisotopic (exact) mass is 272 g/mol. The molecule has 2 nitrogen and oxygen atoms in total. The maximum Gasteiger partial charge on any atom is 0.443 e. The molecule has 0 aromatic rings. The first-order chi connectivity index (χ1) is 4.19. The Hall–Kier alpha value is -0.0800. The summed E-state index contributed by atoms with van der Waals surface area (Å²) in [5.74, 6) is -2.54. The van der Waals surface area contributed by atoms with Crippen LogP contribution in [0.1, 0.15) is 0 Å². The molecule has 1 N–H and O–H groups in total. The normalized spacial score (nSPS) is 18.1. The summed E-state index contributed by atoms with van der Waals surface area (Å²) in [6.07, 6.45) is -5.36. The minimum absolute atomic E-state index is 0.181. The molecule has 0 saturated heterocycles. The minimum Gasteiger partial charge on any atom is -0.478 e. The predicted molar refractivity (Wildman–Crippen MR) is 31.5 cm³/mol. The van der Waals surface area contributed by atoms with Crippen molar-refractivity contribution in [1.29, 1.82) is 0 Å². The van der Waals surface area contributed by atoms with E-state index in [1.165, 1.54) is 0 Å². The Morgan fingerprint density at radius 2 is 1.60 bits per heavy atom. The fourth-order valence-corrected chi connectivity index (χ4v) is 0.121. The van der Waals surface area contributed by atoms with Crippen LogP contribution in [0.25, 0.3) is 0 Å². The maximum absolute atomic E-state index is 12.0. The first-order valence-electron chi connectivity index (χ1n) is 1.87. The molecule has 60 valence electrons. The minimum atomic E-state index is -5.36. The fraction of sp³-hybridized carbons (Fsp3) is 0.667. The van der Waals surface area contributed by atoms with E-state index in [4.69, 9.17) is 5.11 Å².